The van der Waals surface area contributed by atoms with Crippen LogP contribution >= 0.6 is 0 Å². The van der Waals surface area contributed by atoms with Crippen LogP contribution in [0.3, 0.4) is 0 Å². The second-order valence-corrected chi connectivity index (χ2v) is 7.88. The number of benzene rings is 5. The van der Waals surface area contributed by atoms with E-state index in [0.717, 1.165) is 0 Å². The third-order valence-electron chi connectivity index (χ3n) is 6.30. The van der Waals surface area contributed by atoms with Crippen molar-refractivity contribution in [2.45, 2.75) is 0 Å². The third-order valence-corrected chi connectivity index (χ3v) is 6.30. The van der Waals surface area contributed by atoms with Gasteiger partial charge >= 0.3 is 0 Å². The number of nitrogens with zero attached hydrogens (tertiary/aromatic N) is 1. The van der Waals surface area contributed by atoms with Crippen LogP contribution in [0.5, 0.6) is 0 Å². The lowest BCUT2D eigenvalue weighted by Gasteiger charge is -2.12. The Bertz CT molecular complexity index is 1730. The van der Waals surface area contributed by atoms with Crippen LogP contribution in [0.1, 0.15) is 0 Å². The predicted octanol–water partition coefficient (Wildman–Crippen LogP) is 7.57. The molecule has 30 heavy (non-hydrogen) atoms. The highest BCUT2D eigenvalue weighted by molar-refractivity contribution is 6.33. The molecule has 0 saturated heterocycles. The van der Waals surface area contributed by atoms with Gasteiger partial charge in [-0.05, 0) is 34.4 Å². The fourth-order valence-electron chi connectivity index (χ4n) is 5.10. The minimum Gasteiger partial charge on any atom is -0.353 e. The van der Waals surface area contributed by atoms with Gasteiger partial charge in [0.25, 0.3) is 0 Å². The van der Waals surface area contributed by atoms with E-state index in [4.69, 9.17) is 0 Å². The highest BCUT2D eigenvalue weighted by atomic mass is 15.0. The van der Waals surface area contributed by atoms with Crippen LogP contribution in [0.2, 0.25) is 0 Å². The number of nitrogens with one attached hydrogen (secondary N) is 1. The second kappa shape index (κ2) is 5.74. The van der Waals surface area contributed by atoms with E-state index in [1.807, 2.05) is 0 Å². The van der Waals surface area contributed by atoms with Gasteiger partial charge in [-0.2, -0.15) is 0 Å². The molecule has 140 valence electrons. The molecule has 0 fully saturated rings. The molecule has 2 heterocycles. The largest absolute Gasteiger partial charge is 0.353 e. The first-order valence-electron chi connectivity index (χ1n) is 10.3. The van der Waals surface area contributed by atoms with Crippen molar-refractivity contribution in [1.29, 1.82) is 0 Å². The lowest BCUT2D eigenvalue weighted by atomic mass is 9.98. The number of hydrogen-bond acceptors (Lipinski definition) is 0. The van der Waals surface area contributed by atoms with Gasteiger partial charge in [0.15, 0.2) is 0 Å². The summed E-state index contributed by atoms with van der Waals surface area (Å²) in [6.45, 7) is 0. The summed E-state index contributed by atoms with van der Waals surface area (Å²) in [5, 5.41) is 7.70. The highest BCUT2D eigenvalue weighted by Gasteiger charge is 2.21. The number of aromatic amines is 1. The Labute approximate surface area is 173 Å². The van der Waals surface area contributed by atoms with E-state index in [1.54, 1.807) is 0 Å². The molecule has 0 spiro atoms. The van der Waals surface area contributed by atoms with Crippen molar-refractivity contribution in [3.05, 3.63) is 103 Å². The van der Waals surface area contributed by atoms with Crippen LogP contribution in [0.25, 0.3) is 60.1 Å². The van der Waals surface area contributed by atoms with Gasteiger partial charge < -0.3 is 9.55 Å². The number of fused-ring (bicyclic) bond motifs is 10. The maximum atomic E-state index is 3.75. The molecule has 0 radical (unpaired) electrons. The van der Waals surface area contributed by atoms with Crippen molar-refractivity contribution < 1.29 is 0 Å². The first kappa shape index (κ1) is 15.8. The smallest absolute Gasteiger partial charge is 0.0798 e. The molecule has 1 N–H and O–H groups in total. The molecular formula is C28H18N2. The summed E-state index contributed by atoms with van der Waals surface area (Å²) in [5.74, 6) is 0. The SMILES string of the molecule is c1ccc(-n2c3c4ccccc4[nH]c3c3c4ccccc4c4ccccc4c32)cc1. The Kier molecular flexibility index (Phi) is 3.03. The molecule has 2 nitrogen and oxygen atoms in total. The summed E-state index contributed by atoms with van der Waals surface area (Å²) in [4.78, 5) is 3.75. The Morgan fingerprint density at radius 1 is 0.467 bits per heavy atom. The summed E-state index contributed by atoms with van der Waals surface area (Å²) in [6.07, 6.45) is 0. The maximum Gasteiger partial charge on any atom is 0.0798 e. The molecule has 0 saturated carbocycles. The molecule has 0 atom stereocenters. The Morgan fingerprint density at radius 3 is 1.80 bits per heavy atom. The Morgan fingerprint density at radius 2 is 1.03 bits per heavy atom. The first-order valence-corrected chi connectivity index (χ1v) is 10.3. The minimum atomic E-state index is 1.17. The van der Waals surface area contributed by atoms with Crippen molar-refractivity contribution in [1.82, 2.24) is 9.55 Å². The molecule has 2 heteroatoms. The van der Waals surface area contributed by atoms with Crippen LogP contribution in [0.4, 0.5) is 0 Å². The van der Waals surface area contributed by atoms with Crippen LogP contribution in [0, 0.1) is 0 Å². The topological polar surface area (TPSA) is 20.7 Å². The molecule has 7 aromatic rings. The van der Waals surface area contributed by atoms with Gasteiger partial charge in [-0.3, -0.25) is 0 Å². The average Bonchev–Trinajstić information content (AvgIpc) is 3.35. The molecule has 0 amide bonds. The number of hydrogen-bond donors (Lipinski definition) is 1. The van der Waals surface area contributed by atoms with Crippen LogP contribution in [-0.2, 0) is 0 Å². The molecule has 0 aliphatic rings. The standard InChI is InChI=1S/C28H18N2/c1-2-10-18(11-3-1)30-27-22-15-7-5-13-20(22)19-12-4-6-14-21(19)25(27)26-28(30)23-16-8-9-17-24(23)29-26/h1-17,29H. The molecular weight excluding hydrogens is 364 g/mol. The number of para-hydroxylation sites is 2. The summed E-state index contributed by atoms with van der Waals surface area (Å²) in [5.41, 5.74) is 6.07. The van der Waals surface area contributed by atoms with Gasteiger partial charge in [0, 0.05) is 27.4 Å². The highest BCUT2D eigenvalue weighted by Crippen LogP contribution is 2.43. The van der Waals surface area contributed by atoms with Crippen molar-refractivity contribution in [2.75, 3.05) is 0 Å². The fraction of sp³-hybridized carbons (Fsp3) is 0. The normalized spacial score (nSPS) is 12.0. The maximum absolute atomic E-state index is 3.75. The quantitative estimate of drug-likeness (QED) is 0.283. The van der Waals surface area contributed by atoms with Gasteiger partial charge in [-0.1, -0.05) is 84.9 Å². The van der Waals surface area contributed by atoms with Gasteiger partial charge in [-0.15, -0.1) is 0 Å². The van der Waals surface area contributed by atoms with Crippen molar-refractivity contribution in [2.24, 2.45) is 0 Å². The monoisotopic (exact) mass is 382 g/mol. The van der Waals surface area contributed by atoms with Crippen LogP contribution in [-0.4, -0.2) is 9.55 Å². The molecule has 0 aliphatic carbocycles. The van der Waals surface area contributed by atoms with E-state index >= 15 is 0 Å². The average molecular weight is 382 g/mol. The van der Waals surface area contributed by atoms with Crippen LogP contribution < -0.4 is 0 Å². The molecule has 2 aromatic heterocycles. The molecule has 7 rings (SSSR count). The van der Waals surface area contributed by atoms with E-state index in [-0.39, 0.29) is 0 Å². The van der Waals surface area contributed by atoms with E-state index in [9.17, 15) is 0 Å². The number of H-pyrrole nitrogens is 1. The Hall–Kier alpha value is -4.04. The van der Waals surface area contributed by atoms with Crippen molar-refractivity contribution in [3.63, 3.8) is 0 Å². The summed E-state index contributed by atoms with van der Waals surface area (Å²) in [7, 11) is 0. The second-order valence-electron chi connectivity index (χ2n) is 7.88. The van der Waals surface area contributed by atoms with E-state index in [1.165, 1.54) is 60.1 Å². The van der Waals surface area contributed by atoms with E-state index in [2.05, 4.69) is 113 Å². The number of aromatic nitrogens is 2. The Balaban J connectivity index is 1.90. The number of rotatable bonds is 1. The lowest BCUT2D eigenvalue weighted by molar-refractivity contribution is 1.19. The molecule has 5 aromatic carbocycles. The minimum absolute atomic E-state index is 1.17. The third kappa shape index (κ3) is 1.93. The lowest BCUT2D eigenvalue weighted by Crippen LogP contribution is -1.94. The van der Waals surface area contributed by atoms with E-state index < -0.39 is 0 Å². The summed E-state index contributed by atoms with van der Waals surface area (Å²) in [6, 6.07) is 36.9. The van der Waals surface area contributed by atoms with Gasteiger partial charge in [0.05, 0.1) is 16.6 Å². The van der Waals surface area contributed by atoms with Gasteiger partial charge in [0.2, 0.25) is 0 Å². The molecule has 0 aliphatic heterocycles. The fourth-order valence-corrected chi connectivity index (χ4v) is 5.10. The zero-order valence-corrected chi connectivity index (χ0v) is 16.3. The van der Waals surface area contributed by atoms with E-state index in [0.29, 0.717) is 0 Å². The first-order chi connectivity index (χ1) is 14.9. The summed E-state index contributed by atoms with van der Waals surface area (Å²) < 4.78 is 2.44. The van der Waals surface area contributed by atoms with Gasteiger partial charge in [-0.25, -0.2) is 0 Å². The predicted molar refractivity (Wildman–Crippen MR) is 128 cm³/mol. The zero-order valence-electron chi connectivity index (χ0n) is 16.3. The summed E-state index contributed by atoms with van der Waals surface area (Å²) >= 11 is 0. The molecule has 0 bridgehead atoms. The van der Waals surface area contributed by atoms with Gasteiger partial charge in [0.1, 0.15) is 0 Å². The van der Waals surface area contributed by atoms with Crippen molar-refractivity contribution in [3.8, 4) is 5.69 Å². The van der Waals surface area contributed by atoms with Crippen molar-refractivity contribution >= 4 is 54.4 Å². The van der Waals surface area contributed by atoms with Crippen LogP contribution in [0.15, 0.2) is 103 Å². The zero-order chi connectivity index (χ0) is 19.7. The molecule has 0 unspecified atom stereocenters.